The molecule has 0 aliphatic heterocycles. The molecule has 5 heteroatoms. The number of benzene rings is 1. The van der Waals surface area contributed by atoms with E-state index in [4.69, 9.17) is 9.47 Å². The number of Topliss-reactive ketones (excluding diaryl/α,β-unsaturated/α-hetero) is 1. The molecule has 1 aromatic rings. The van der Waals surface area contributed by atoms with Crippen LogP contribution in [0.5, 0.6) is 11.5 Å². The highest BCUT2D eigenvalue weighted by molar-refractivity contribution is 5.94. The summed E-state index contributed by atoms with van der Waals surface area (Å²) in [5, 5.41) is 3.17. The van der Waals surface area contributed by atoms with Gasteiger partial charge in [-0.2, -0.15) is 0 Å². The van der Waals surface area contributed by atoms with E-state index in [1.165, 1.54) is 39.0 Å². The van der Waals surface area contributed by atoms with E-state index in [2.05, 4.69) is 5.32 Å². The molecule has 1 aliphatic carbocycles. The fourth-order valence-corrected chi connectivity index (χ4v) is 3.32. The zero-order valence-corrected chi connectivity index (χ0v) is 16.0. The minimum Gasteiger partial charge on any atom is -0.493 e. The predicted molar refractivity (Wildman–Crippen MR) is 102 cm³/mol. The van der Waals surface area contributed by atoms with E-state index in [9.17, 15) is 9.59 Å². The first-order valence-electron chi connectivity index (χ1n) is 9.71. The number of carbonyl (C=O) groups excluding carboxylic acids is 2. The number of ether oxygens (including phenoxy) is 2. The summed E-state index contributed by atoms with van der Waals surface area (Å²) in [6.45, 7) is 1.96. The third-order valence-electron chi connectivity index (χ3n) is 4.85. The van der Waals surface area contributed by atoms with Crippen LogP contribution in [0, 0.1) is 0 Å². The van der Waals surface area contributed by atoms with Crippen LogP contribution in [-0.4, -0.2) is 31.4 Å². The highest BCUT2D eigenvalue weighted by Gasteiger charge is 2.14. The molecule has 0 spiro atoms. The lowest BCUT2D eigenvalue weighted by molar-refractivity contribution is -0.122. The molecule has 2 rings (SSSR count). The topological polar surface area (TPSA) is 64.6 Å². The first kappa shape index (κ1) is 20.3. The zero-order valence-electron chi connectivity index (χ0n) is 16.0. The summed E-state index contributed by atoms with van der Waals surface area (Å²) in [6.07, 6.45) is 9.63. The van der Waals surface area contributed by atoms with Crippen molar-refractivity contribution in [2.24, 2.45) is 0 Å². The molecule has 144 valence electrons. The molecule has 0 unspecified atom stereocenters. The predicted octanol–water partition coefficient (Wildman–Crippen LogP) is 4.29. The Morgan fingerprint density at radius 3 is 2.42 bits per heavy atom. The fraction of sp³-hybridized carbons (Fsp3) is 0.619. The molecule has 1 N–H and O–H groups in total. The van der Waals surface area contributed by atoms with Gasteiger partial charge in [-0.1, -0.05) is 32.1 Å². The van der Waals surface area contributed by atoms with Gasteiger partial charge in [-0.05, 0) is 44.4 Å². The molecule has 0 saturated heterocycles. The first-order chi connectivity index (χ1) is 12.6. The van der Waals surface area contributed by atoms with Crippen molar-refractivity contribution in [1.29, 1.82) is 0 Å². The second-order valence-electron chi connectivity index (χ2n) is 6.98. The van der Waals surface area contributed by atoms with Gasteiger partial charge in [0.05, 0.1) is 13.7 Å². The molecular formula is C21H31NO4. The number of hydrogen-bond donors (Lipinski definition) is 1. The Bertz CT molecular complexity index is 592. The van der Waals surface area contributed by atoms with Crippen LogP contribution in [0.2, 0.25) is 0 Å². The lowest BCUT2D eigenvalue weighted by atomic mass is 9.96. The van der Waals surface area contributed by atoms with Crippen LogP contribution in [0.4, 0.5) is 0 Å². The minimum atomic E-state index is -0.0132. The van der Waals surface area contributed by atoms with Crippen molar-refractivity contribution in [3.8, 4) is 11.5 Å². The van der Waals surface area contributed by atoms with Gasteiger partial charge >= 0.3 is 0 Å². The number of nitrogens with one attached hydrogen (secondary N) is 1. The third-order valence-corrected chi connectivity index (χ3v) is 4.85. The number of carbonyl (C=O) groups is 2. The van der Waals surface area contributed by atoms with E-state index in [1.807, 2.05) is 0 Å². The summed E-state index contributed by atoms with van der Waals surface area (Å²) in [6, 6.07) is 5.48. The van der Waals surface area contributed by atoms with E-state index in [1.54, 1.807) is 25.3 Å². The molecule has 1 fully saturated rings. The summed E-state index contributed by atoms with van der Waals surface area (Å²) in [7, 11) is 1.55. The van der Waals surface area contributed by atoms with Crippen molar-refractivity contribution in [2.45, 2.75) is 70.8 Å². The number of ketones is 1. The standard InChI is InChI=1S/C21H31NO4/c1-16(23)17-12-13-19(20(15-17)25-2)26-14-8-11-21(24)22-18-9-6-4-3-5-7-10-18/h12-13,15,18H,3-11,14H2,1-2H3,(H,22,24). The maximum atomic E-state index is 12.1. The van der Waals surface area contributed by atoms with Gasteiger partial charge in [0.15, 0.2) is 17.3 Å². The van der Waals surface area contributed by atoms with Gasteiger partial charge in [-0.3, -0.25) is 9.59 Å². The second-order valence-corrected chi connectivity index (χ2v) is 6.98. The van der Waals surface area contributed by atoms with Crippen molar-refractivity contribution in [2.75, 3.05) is 13.7 Å². The average molecular weight is 361 g/mol. The molecule has 1 amide bonds. The molecule has 0 bridgehead atoms. The van der Waals surface area contributed by atoms with E-state index >= 15 is 0 Å². The van der Waals surface area contributed by atoms with Crippen LogP contribution in [0.25, 0.3) is 0 Å². The van der Waals surface area contributed by atoms with E-state index in [-0.39, 0.29) is 11.7 Å². The van der Waals surface area contributed by atoms with E-state index in [0.717, 1.165) is 12.8 Å². The average Bonchev–Trinajstić information content (AvgIpc) is 2.60. The Morgan fingerprint density at radius 2 is 1.77 bits per heavy atom. The molecule has 5 nitrogen and oxygen atoms in total. The molecule has 1 saturated carbocycles. The van der Waals surface area contributed by atoms with Crippen LogP contribution in [-0.2, 0) is 4.79 Å². The molecular weight excluding hydrogens is 330 g/mol. The van der Waals surface area contributed by atoms with Crippen molar-refractivity contribution in [3.05, 3.63) is 23.8 Å². The maximum Gasteiger partial charge on any atom is 0.220 e. The fourth-order valence-electron chi connectivity index (χ4n) is 3.32. The van der Waals surface area contributed by atoms with Crippen molar-refractivity contribution < 1.29 is 19.1 Å². The smallest absolute Gasteiger partial charge is 0.220 e. The van der Waals surface area contributed by atoms with Gasteiger partial charge in [0.25, 0.3) is 0 Å². The molecule has 26 heavy (non-hydrogen) atoms. The SMILES string of the molecule is COc1cc(C(C)=O)ccc1OCCCC(=O)NC1CCCCCCC1. The van der Waals surface area contributed by atoms with Crippen LogP contribution in [0.1, 0.15) is 75.1 Å². The monoisotopic (exact) mass is 361 g/mol. The third kappa shape index (κ3) is 6.70. The Morgan fingerprint density at radius 1 is 1.08 bits per heavy atom. The Balaban J connectivity index is 1.72. The summed E-state index contributed by atoms with van der Waals surface area (Å²) < 4.78 is 11.0. The lowest BCUT2D eigenvalue weighted by Crippen LogP contribution is -2.35. The number of amides is 1. The zero-order chi connectivity index (χ0) is 18.8. The van der Waals surface area contributed by atoms with E-state index in [0.29, 0.717) is 42.6 Å². The molecule has 0 radical (unpaired) electrons. The van der Waals surface area contributed by atoms with Gasteiger partial charge in [0.1, 0.15) is 0 Å². The first-order valence-corrected chi connectivity index (χ1v) is 9.71. The Labute approximate surface area is 156 Å². The Kier molecular flexibility index (Phi) is 8.45. The summed E-state index contributed by atoms with van der Waals surface area (Å²) in [4.78, 5) is 23.6. The van der Waals surface area contributed by atoms with Crippen LogP contribution < -0.4 is 14.8 Å². The Hall–Kier alpha value is -2.04. The number of methoxy groups -OCH3 is 1. The second kappa shape index (κ2) is 10.8. The van der Waals surface area contributed by atoms with Crippen LogP contribution in [0.15, 0.2) is 18.2 Å². The van der Waals surface area contributed by atoms with Crippen molar-refractivity contribution in [1.82, 2.24) is 5.32 Å². The van der Waals surface area contributed by atoms with Gasteiger partial charge in [-0.15, -0.1) is 0 Å². The quantitative estimate of drug-likeness (QED) is 0.554. The normalized spacial score (nSPS) is 15.6. The number of hydrogen-bond acceptors (Lipinski definition) is 4. The molecule has 0 atom stereocenters. The van der Waals surface area contributed by atoms with Gasteiger partial charge < -0.3 is 14.8 Å². The van der Waals surface area contributed by atoms with Gasteiger partial charge in [-0.25, -0.2) is 0 Å². The summed E-state index contributed by atoms with van der Waals surface area (Å²) in [5.41, 5.74) is 0.591. The highest BCUT2D eigenvalue weighted by Crippen LogP contribution is 2.28. The summed E-state index contributed by atoms with van der Waals surface area (Å²) >= 11 is 0. The molecule has 0 heterocycles. The van der Waals surface area contributed by atoms with Crippen molar-refractivity contribution in [3.63, 3.8) is 0 Å². The molecule has 0 aromatic heterocycles. The van der Waals surface area contributed by atoms with Crippen molar-refractivity contribution >= 4 is 11.7 Å². The highest BCUT2D eigenvalue weighted by atomic mass is 16.5. The number of rotatable bonds is 8. The molecule has 1 aromatic carbocycles. The largest absolute Gasteiger partial charge is 0.493 e. The van der Waals surface area contributed by atoms with Gasteiger partial charge in [0, 0.05) is 18.0 Å². The molecule has 1 aliphatic rings. The van der Waals surface area contributed by atoms with Crippen LogP contribution >= 0.6 is 0 Å². The summed E-state index contributed by atoms with van der Waals surface area (Å²) in [5.74, 6) is 1.23. The lowest BCUT2D eigenvalue weighted by Gasteiger charge is -2.21. The minimum absolute atomic E-state index is 0.0132. The van der Waals surface area contributed by atoms with Crippen LogP contribution in [0.3, 0.4) is 0 Å². The van der Waals surface area contributed by atoms with E-state index < -0.39 is 0 Å². The van der Waals surface area contributed by atoms with Gasteiger partial charge in [0.2, 0.25) is 5.91 Å². The maximum absolute atomic E-state index is 12.1.